The van der Waals surface area contributed by atoms with Gasteiger partial charge in [0, 0.05) is 36.3 Å². The number of aromatic nitrogens is 2. The summed E-state index contributed by atoms with van der Waals surface area (Å²) in [5.41, 5.74) is 5.34. The lowest BCUT2D eigenvalue weighted by atomic mass is 9.96. The summed E-state index contributed by atoms with van der Waals surface area (Å²) in [6.07, 6.45) is 3.78. The highest BCUT2D eigenvalue weighted by atomic mass is 19.1. The number of hydrogen-bond donors (Lipinski definition) is 3. The van der Waals surface area contributed by atoms with E-state index in [2.05, 4.69) is 15.7 Å². The number of fused-ring (bicyclic) bond motifs is 1. The normalized spacial score (nSPS) is 12.5. The van der Waals surface area contributed by atoms with Crippen LogP contribution in [0.3, 0.4) is 0 Å². The first kappa shape index (κ1) is 25.8. The van der Waals surface area contributed by atoms with E-state index >= 15 is 0 Å². The average Bonchev–Trinajstić information content (AvgIpc) is 3.61. The molecule has 1 saturated carbocycles. The average molecular weight is 505 g/mol. The van der Waals surface area contributed by atoms with Crippen LogP contribution in [0.25, 0.3) is 27.7 Å². The van der Waals surface area contributed by atoms with Crippen molar-refractivity contribution in [3.63, 3.8) is 0 Å². The molecule has 9 heteroatoms. The molecule has 0 radical (unpaired) electrons. The number of carbonyl (C=O) groups excluding carboxylic acids is 1. The molecular weight excluding hydrogens is 475 g/mol. The van der Waals surface area contributed by atoms with Gasteiger partial charge in [-0.2, -0.15) is 5.10 Å². The number of amides is 1. The second-order valence-electron chi connectivity index (χ2n) is 8.78. The molecule has 1 fully saturated rings. The molecule has 1 aromatic heterocycles. The molecule has 0 spiro atoms. The summed E-state index contributed by atoms with van der Waals surface area (Å²) in [7, 11) is 1.68. The number of nitrogens with zero attached hydrogens (tertiary/aromatic N) is 2. The number of halogens is 1. The van der Waals surface area contributed by atoms with Crippen LogP contribution in [-0.4, -0.2) is 53.6 Å². The van der Waals surface area contributed by atoms with E-state index < -0.39 is 0 Å². The number of carbonyl (C=O) groups is 2. The number of rotatable bonds is 8. The molecule has 192 valence electrons. The van der Waals surface area contributed by atoms with E-state index in [0.717, 1.165) is 47.2 Å². The minimum absolute atomic E-state index is 0.220. The summed E-state index contributed by atoms with van der Waals surface area (Å²) in [4.78, 5) is 20.9. The molecule has 1 aliphatic rings. The summed E-state index contributed by atoms with van der Waals surface area (Å²) in [5.74, 6) is -0.606. The molecule has 37 heavy (non-hydrogen) atoms. The smallest absolute Gasteiger partial charge is 0.290 e. The Bertz CT molecular complexity index is 1400. The van der Waals surface area contributed by atoms with Crippen molar-refractivity contribution in [2.75, 3.05) is 25.6 Å². The maximum Gasteiger partial charge on any atom is 0.290 e. The van der Waals surface area contributed by atoms with E-state index in [1.807, 2.05) is 47.1 Å². The van der Waals surface area contributed by atoms with Gasteiger partial charge in [0.1, 0.15) is 5.82 Å². The molecule has 3 N–H and O–H groups in total. The Labute approximate surface area is 214 Å². The Kier molecular flexibility index (Phi) is 8.15. The van der Waals surface area contributed by atoms with Gasteiger partial charge in [0.2, 0.25) is 0 Å². The van der Waals surface area contributed by atoms with Crippen molar-refractivity contribution in [3.05, 3.63) is 77.7 Å². The summed E-state index contributed by atoms with van der Waals surface area (Å²) >= 11 is 0. The molecule has 4 aromatic rings. The molecule has 1 aliphatic carbocycles. The van der Waals surface area contributed by atoms with Gasteiger partial charge in [-0.05, 0) is 85.0 Å². The highest BCUT2D eigenvalue weighted by molar-refractivity contribution is 5.96. The van der Waals surface area contributed by atoms with Crippen LogP contribution in [0.4, 0.5) is 10.1 Å². The summed E-state index contributed by atoms with van der Waals surface area (Å²) < 4.78 is 21.6. The first-order valence-corrected chi connectivity index (χ1v) is 12.0. The van der Waals surface area contributed by atoms with E-state index in [0.29, 0.717) is 23.3 Å². The fraction of sp³-hybridized carbons (Fsp3) is 0.250. The van der Waals surface area contributed by atoms with Crippen molar-refractivity contribution in [3.8, 4) is 16.8 Å². The Hall–Kier alpha value is -4.24. The largest absolute Gasteiger partial charge is 0.483 e. The first-order chi connectivity index (χ1) is 17.9. The maximum absolute atomic E-state index is 14.7. The van der Waals surface area contributed by atoms with E-state index in [1.165, 1.54) is 6.07 Å². The van der Waals surface area contributed by atoms with E-state index in [-0.39, 0.29) is 24.2 Å². The Morgan fingerprint density at radius 1 is 1.19 bits per heavy atom. The quantitative estimate of drug-likeness (QED) is 0.235. The van der Waals surface area contributed by atoms with Gasteiger partial charge in [-0.1, -0.05) is 6.07 Å². The van der Waals surface area contributed by atoms with Crippen LogP contribution in [0, 0.1) is 12.7 Å². The molecule has 5 rings (SSSR count). The van der Waals surface area contributed by atoms with Crippen molar-refractivity contribution < 1.29 is 23.8 Å². The number of nitrogens with one attached hydrogen (secondary N) is 2. The second-order valence-corrected chi connectivity index (χ2v) is 8.78. The zero-order chi connectivity index (χ0) is 26.4. The van der Waals surface area contributed by atoms with Crippen LogP contribution < -0.4 is 10.6 Å². The molecule has 0 saturated heterocycles. The molecule has 8 nitrogen and oxygen atoms in total. The minimum atomic E-state index is -0.381. The number of anilines is 1. The number of ether oxygens (including phenoxy) is 1. The van der Waals surface area contributed by atoms with Gasteiger partial charge in [0.05, 0.1) is 24.0 Å². The molecular formula is C28H29FN4O4. The fourth-order valence-corrected chi connectivity index (χ4v) is 4.03. The van der Waals surface area contributed by atoms with Crippen molar-refractivity contribution in [2.45, 2.75) is 25.8 Å². The van der Waals surface area contributed by atoms with Gasteiger partial charge in [-0.15, -0.1) is 0 Å². The van der Waals surface area contributed by atoms with Crippen LogP contribution in [0.15, 0.2) is 60.8 Å². The molecule has 3 aromatic carbocycles. The van der Waals surface area contributed by atoms with Gasteiger partial charge >= 0.3 is 0 Å². The lowest BCUT2D eigenvalue weighted by molar-refractivity contribution is -0.122. The molecule has 0 bridgehead atoms. The first-order valence-electron chi connectivity index (χ1n) is 12.0. The number of hydrogen-bond acceptors (Lipinski definition) is 5. The van der Waals surface area contributed by atoms with Gasteiger partial charge in [-0.3, -0.25) is 9.59 Å². The van der Waals surface area contributed by atoms with Gasteiger partial charge in [0.15, 0.2) is 0 Å². The van der Waals surface area contributed by atoms with Crippen LogP contribution in [-0.2, 0) is 9.53 Å². The highest BCUT2D eigenvalue weighted by Crippen LogP contribution is 2.31. The Morgan fingerprint density at radius 3 is 2.59 bits per heavy atom. The lowest BCUT2D eigenvalue weighted by Crippen LogP contribution is -2.25. The standard InChI is InChI=1S/C27H27FN4O2.CH2O2/c1-17-24(14-19(15-25(17)28)27(33)31-22-4-5-22)18-3-10-26-20(13-18)16-30-32(26)23-8-6-21(7-9-23)29-11-12-34-2;2-1-3/h3,6-10,13-16,22,29H,4-5,11-12H2,1-2H3,(H,31,33);1H,(H,2,3). The van der Waals surface area contributed by atoms with Gasteiger partial charge in [0.25, 0.3) is 12.4 Å². The van der Waals surface area contributed by atoms with Gasteiger partial charge < -0.3 is 20.5 Å². The summed E-state index contributed by atoms with van der Waals surface area (Å²) in [6, 6.07) is 17.3. The maximum atomic E-state index is 14.7. The zero-order valence-corrected chi connectivity index (χ0v) is 20.7. The van der Waals surface area contributed by atoms with Crippen LogP contribution >= 0.6 is 0 Å². The van der Waals surface area contributed by atoms with Crippen molar-refractivity contribution in [2.24, 2.45) is 0 Å². The number of benzene rings is 3. The molecule has 0 atom stereocenters. The van der Waals surface area contributed by atoms with Crippen LogP contribution in [0.2, 0.25) is 0 Å². The SMILES string of the molecule is COCCNc1ccc(-n2ncc3cc(-c4cc(C(=O)NC5CC5)cc(F)c4C)ccc32)cc1.O=CO. The highest BCUT2D eigenvalue weighted by Gasteiger charge is 2.24. The minimum Gasteiger partial charge on any atom is -0.483 e. The summed E-state index contributed by atoms with van der Waals surface area (Å²) in [5, 5.41) is 18.6. The van der Waals surface area contributed by atoms with Crippen LogP contribution in [0.5, 0.6) is 0 Å². The van der Waals surface area contributed by atoms with E-state index in [9.17, 15) is 9.18 Å². The van der Waals surface area contributed by atoms with E-state index in [1.54, 1.807) is 26.3 Å². The van der Waals surface area contributed by atoms with E-state index in [4.69, 9.17) is 14.6 Å². The third-order valence-electron chi connectivity index (χ3n) is 6.15. The predicted octanol–water partition coefficient (Wildman–Crippen LogP) is 4.79. The molecule has 1 amide bonds. The molecule has 0 aliphatic heterocycles. The topological polar surface area (TPSA) is 105 Å². The third kappa shape index (κ3) is 6.13. The number of carboxylic acid groups (broad SMARTS) is 1. The Balaban J connectivity index is 0.00000102. The third-order valence-corrected chi connectivity index (χ3v) is 6.15. The fourth-order valence-electron chi connectivity index (χ4n) is 4.03. The lowest BCUT2D eigenvalue weighted by Gasteiger charge is -2.12. The number of methoxy groups -OCH3 is 1. The van der Waals surface area contributed by atoms with Crippen LogP contribution in [0.1, 0.15) is 28.8 Å². The molecule has 0 unspecified atom stereocenters. The van der Waals surface area contributed by atoms with Gasteiger partial charge in [-0.25, -0.2) is 9.07 Å². The summed E-state index contributed by atoms with van der Waals surface area (Å²) in [6.45, 7) is 2.88. The van der Waals surface area contributed by atoms with Crippen molar-refractivity contribution in [1.29, 1.82) is 0 Å². The Morgan fingerprint density at radius 2 is 1.92 bits per heavy atom. The predicted molar refractivity (Wildman–Crippen MR) is 141 cm³/mol. The van der Waals surface area contributed by atoms with Crippen molar-refractivity contribution >= 4 is 29.0 Å². The molecule has 1 heterocycles. The van der Waals surface area contributed by atoms with Crippen molar-refractivity contribution in [1.82, 2.24) is 15.1 Å². The second kappa shape index (κ2) is 11.7. The monoisotopic (exact) mass is 504 g/mol. The zero-order valence-electron chi connectivity index (χ0n) is 20.7.